The lowest BCUT2D eigenvalue weighted by Crippen LogP contribution is -1.92. The third kappa shape index (κ3) is 3.13. The smallest absolute Gasteiger partial charge is 0.288 e. The molecule has 0 bridgehead atoms. The van der Waals surface area contributed by atoms with Gasteiger partial charge < -0.3 is 4.42 Å². The number of benzene rings is 1. The summed E-state index contributed by atoms with van der Waals surface area (Å²) in [7, 11) is 0. The maximum absolute atomic E-state index is 11.8. The first kappa shape index (κ1) is 14.0. The van der Waals surface area contributed by atoms with Crippen LogP contribution in [-0.2, 0) is 0 Å². The van der Waals surface area contributed by atoms with Crippen molar-refractivity contribution in [1.82, 2.24) is 0 Å². The van der Waals surface area contributed by atoms with Crippen LogP contribution in [0.3, 0.4) is 0 Å². The van der Waals surface area contributed by atoms with Crippen LogP contribution in [0.4, 0.5) is 5.69 Å². The normalized spacial score (nSPS) is 10.9. The summed E-state index contributed by atoms with van der Waals surface area (Å²) < 4.78 is 5.18. The number of hydrogen-bond donors (Lipinski definition) is 0. The van der Waals surface area contributed by atoms with Crippen LogP contribution < -0.4 is 0 Å². The molecule has 0 unspecified atom stereocenters. The standard InChI is InChI=1S/C14H10ClNO4/c1-9-2-7-14(20-9)13(17)6-4-10-3-5-11(15)12(8-10)16(18)19/h2-8H,1H3/b6-4+. The summed E-state index contributed by atoms with van der Waals surface area (Å²) in [5, 5.41) is 10.8. The largest absolute Gasteiger partial charge is 0.458 e. The van der Waals surface area contributed by atoms with Crippen molar-refractivity contribution in [3.05, 3.63) is 68.6 Å². The van der Waals surface area contributed by atoms with Gasteiger partial charge in [0.1, 0.15) is 10.8 Å². The molecule has 0 saturated carbocycles. The second-order valence-electron chi connectivity index (χ2n) is 4.08. The average Bonchev–Trinajstić information content (AvgIpc) is 2.84. The number of halogens is 1. The molecule has 2 rings (SSSR count). The second kappa shape index (κ2) is 5.71. The Labute approximate surface area is 119 Å². The van der Waals surface area contributed by atoms with Crippen molar-refractivity contribution in [2.24, 2.45) is 0 Å². The third-order valence-corrected chi connectivity index (χ3v) is 2.90. The summed E-state index contributed by atoms with van der Waals surface area (Å²) in [6.07, 6.45) is 2.77. The van der Waals surface area contributed by atoms with Crippen molar-refractivity contribution in [3.8, 4) is 0 Å². The minimum atomic E-state index is -0.572. The van der Waals surface area contributed by atoms with Crippen LogP contribution in [-0.4, -0.2) is 10.7 Å². The van der Waals surface area contributed by atoms with E-state index in [0.29, 0.717) is 11.3 Å². The minimum Gasteiger partial charge on any atom is -0.458 e. The SMILES string of the molecule is Cc1ccc(C(=O)/C=C/c2ccc(Cl)c([N+](=O)[O-])c2)o1. The van der Waals surface area contributed by atoms with Crippen molar-refractivity contribution in [2.75, 3.05) is 0 Å². The first-order valence-electron chi connectivity index (χ1n) is 5.70. The number of allylic oxidation sites excluding steroid dienone is 1. The van der Waals surface area contributed by atoms with Crippen LogP contribution in [0.5, 0.6) is 0 Å². The zero-order valence-corrected chi connectivity index (χ0v) is 11.3. The first-order valence-corrected chi connectivity index (χ1v) is 6.08. The summed E-state index contributed by atoms with van der Waals surface area (Å²) in [6.45, 7) is 1.74. The molecule has 0 amide bonds. The van der Waals surface area contributed by atoms with Gasteiger partial charge in [-0.1, -0.05) is 23.7 Å². The highest BCUT2D eigenvalue weighted by molar-refractivity contribution is 6.32. The molecule has 5 nitrogen and oxygen atoms in total. The molecule has 0 saturated heterocycles. The number of carbonyl (C=O) groups is 1. The molecule has 0 aliphatic heterocycles. The molecule has 0 N–H and O–H groups in total. The lowest BCUT2D eigenvalue weighted by atomic mass is 10.1. The Kier molecular flexibility index (Phi) is 4.00. The van der Waals surface area contributed by atoms with Gasteiger partial charge in [0.15, 0.2) is 5.76 Å². The molecule has 1 aromatic heterocycles. The number of furan rings is 1. The molecule has 1 heterocycles. The lowest BCUT2D eigenvalue weighted by molar-refractivity contribution is -0.384. The van der Waals surface area contributed by atoms with Crippen molar-refractivity contribution in [2.45, 2.75) is 6.92 Å². The Morgan fingerprint density at radius 2 is 2.10 bits per heavy atom. The maximum Gasteiger partial charge on any atom is 0.288 e. The Morgan fingerprint density at radius 1 is 1.35 bits per heavy atom. The number of aryl methyl sites for hydroxylation is 1. The number of rotatable bonds is 4. The molecule has 2 aromatic rings. The van der Waals surface area contributed by atoms with Crippen LogP contribution in [0.25, 0.3) is 6.08 Å². The molecule has 102 valence electrons. The molecule has 0 atom stereocenters. The molecule has 0 radical (unpaired) electrons. The summed E-state index contributed by atoms with van der Waals surface area (Å²) in [6, 6.07) is 7.58. The van der Waals surface area contributed by atoms with E-state index in [1.807, 2.05) is 0 Å². The highest BCUT2D eigenvalue weighted by atomic mass is 35.5. The molecule has 0 spiro atoms. The highest BCUT2D eigenvalue weighted by Gasteiger charge is 2.12. The molecule has 0 aliphatic rings. The van der Waals surface area contributed by atoms with Crippen molar-refractivity contribution in [3.63, 3.8) is 0 Å². The van der Waals surface area contributed by atoms with E-state index in [1.165, 1.54) is 24.3 Å². The Hall–Kier alpha value is -2.40. The van der Waals surface area contributed by atoms with E-state index in [0.717, 1.165) is 0 Å². The van der Waals surface area contributed by atoms with Crippen molar-refractivity contribution in [1.29, 1.82) is 0 Å². The van der Waals surface area contributed by atoms with E-state index in [2.05, 4.69) is 0 Å². The van der Waals surface area contributed by atoms with E-state index >= 15 is 0 Å². The number of ketones is 1. The summed E-state index contributed by atoms with van der Waals surface area (Å²) in [4.78, 5) is 22.0. The first-order chi connectivity index (χ1) is 9.47. The topological polar surface area (TPSA) is 73.3 Å². The molecule has 1 aromatic carbocycles. The minimum absolute atomic E-state index is 0.0557. The highest BCUT2D eigenvalue weighted by Crippen LogP contribution is 2.25. The van der Waals surface area contributed by atoms with Crippen LogP contribution >= 0.6 is 11.6 Å². The predicted molar refractivity (Wildman–Crippen MR) is 74.9 cm³/mol. The zero-order chi connectivity index (χ0) is 14.7. The van der Waals surface area contributed by atoms with Gasteiger partial charge in [-0.15, -0.1) is 0 Å². The van der Waals surface area contributed by atoms with Gasteiger partial charge in [0.25, 0.3) is 5.69 Å². The molecular weight excluding hydrogens is 282 g/mol. The lowest BCUT2D eigenvalue weighted by Gasteiger charge is -1.97. The van der Waals surface area contributed by atoms with E-state index in [4.69, 9.17) is 16.0 Å². The molecule has 0 fully saturated rings. The molecular formula is C14H10ClNO4. The third-order valence-electron chi connectivity index (χ3n) is 2.58. The van der Waals surface area contributed by atoms with Gasteiger partial charge in [0.05, 0.1) is 4.92 Å². The van der Waals surface area contributed by atoms with E-state index < -0.39 is 4.92 Å². The van der Waals surface area contributed by atoms with Crippen LogP contribution in [0.2, 0.25) is 5.02 Å². The van der Waals surface area contributed by atoms with Gasteiger partial charge in [0, 0.05) is 6.07 Å². The number of nitrogens with zero attached hydrogens (tertiary/aromatic N) is 1. The van der Waals surface area contributed by atoms with Gasteiger partial charge >= 0.3 is 0 Å². The Bertz CT molecular complexity index is 703. The Balaban J connectivity index is 2.21. The van der Waals surface area contributed by atoms with Crippen LogP contribution in [0.15, 0.2) is 40.8 Å². The van der Waals surface area contributed by atoms with E-state index in [9.17, 15) is 14.9 Å². The molecule has 20 heavy (non-hydrogen) atoms. The summed E-state index contributed by atoms with van der Waals surface area (Å²) >= 11 is 5.70. The number of carbonyl (C=O) groups excluding carboxylic acids is 1. The van der Waals surface area contributed by atoms with Crippen molar-refractivity contribution < 1.29 is 14.1 Å². The number of nitro groups is 1. The Morgan fingerprint density at radius 3 is 2.70 bits per heavy atom. The molecule has 6 heteroatoms. The number of hydrogen-bond acceptors (Lipinski definition) is 4. The second-order valence-corrected chi connectivity index (χ2v) is 4.48. The fraction of sp³-hybridized carbons (Fsp3) is 0.0714. The van der Waals surface area contributed by atoms with Crippen LogP contribution in [0, 0.1) is 17.0 Å². The average molecular weight is 292 g/mol. The van der Waals surface area contributed by atoms with E-state index in [1.54, 1.807) is 25.1 Å². The summed E-state index contributed by atoms with van der Waals surface area (Å²) in [5.74, 6) is 0.557. The van der Waals surface area contributed by atoms with Gasteiger partial charge in [-0.2, -0.15) is 0 Å². The van der Waals surface area contributed by atoms with Gasteiger partial charge in [-0.25, -0.2) is 0 Å². The zero-order valence-electron chi connectivity index (χ0n) is 10.5. The fourth-order valence-electron chi connectivity index (χ4n) is 1.59. The van der Waals surface area contributed by atoms with Crippen molar-refractivity contribution >= 4 is 29.1 Å². The van der Waals surface area contributed by atoms with E-state index in [-0.39, 0.29) is 22.3 Å². The summed E-state index contributed by atoms with van der Waals surface area (Å²) in [5.41, 5.74) is 0.313. The van der Waals surface area contributed by atoms with Gasteiger partial charge in [0.2, 0.25) is 5.78 Å². The fourth-order valence-corrected chi connectivity index (χ4v) is 1.78. The predicted octanol–water partition coefficient (Wildman–Crippen LogP) is 4.05. The van der Waals surface area contributed by atoms with Gasteiger partial charge in [-0.3, -0.25) is 14.9 Å². The quantitative estimate of drug-likeness (QED) is 0.369. The monoisotopic (exact) mass is 291 g/mol. The molecule has 0 aliphatic carbocycles. The van der Waals surface area contributed by atoms with Gasteiger partial charge in [-0.05, 0) is 36.8 Å². The maximum atomic E-state index is 11.8. The van der Waals surface area contributed by atoms with Crippen LogP contribution in [0.1, 0.15) is 21.9 Å². The number of nitro benzene ring substituents is 1.